The van der Waals surface area contributed by atoms with Crippen LogP contribution < -0.4 is 10.1 Å². The number of amides is 3. The molecule has 3 amide bonds. The first kappa shape index (κ1) is 21.9. The van der Waals surface area contributed by atoms with Crippen LogP contribution in [-0.2, 0) is 16.0 Å². The number of hydrogen-bond donors (Lipinski definition) is 1. The molecule has 4 rings (SSSR count). The van der Waals surface area contributed by atoms with Crippen molar-refractivity contribution in [2.24, 2.45) is 11.3 Å². The Morgan fingerprint density at radius 3 is 2.52 bits per heavy atom. The van der Waals surface area contributed by atoms with E-state index in [9.17, 15) is 9.59 Å². The minimum atomic E-state index is 0.0454. The van der Waals surface area contributed by atoms with Crippen molar-refractivity contribution in [3.05, 3.63) is 29.8 Å². The van der Waals surface area contributed by atoms with Crippen molar-refractivity contribution in [1.82, 2.24) is 15.1 Å². The second-order valence-electron chi connectivity index (χ2n) is 9.17. The van der Waals surface area contributed by atoms with E-state index in [4.69, 9.17) is 9.47 Å². The molecule has 7 heteroatoms. The van der Waals surface area contributed by atoms with E-state index in [2.05, 4.69) is 5.32 Å². The van der Waals surface area contributed by atoms with Crippen LogP contribution in [0, 0.1) is 11.3 Å². The van der Waals surface area contributed by atoms with E-state index in [0.717, 1.165) is 82.8 Å². The molecule has 0 aliphatic carbocycles. The van der Waals surface area contributed by atoms with Gasteiger partial charge in [-0.3, -0.25) is 4.79 Å². The molecular formula is C24H35N3O4. The molecule has 3 heterocycles. The molecule has 7 nitrogen and oxygen atoms in total. The van der Waals surface area contributed by atoms with Crippen molar-refractivity contribution >= 4 is 11.9 Å². The first-order valence-corrected chi connectivity index (χ1v) is 11.6. The minimum Gasteiger partial charge on any atom is -0.497 e. The third-order valence-electron chi connectivity index (χ3n) is 7.33. The zero-order valence-electron chi connectivity index (χ0n) is 18.6. The largest absolute Gasteiger partial charge is 0.497 e. The van der Waals surface area contributed by atoms with Gasteiger partial charge in [-0.05, 0) is 55.2 Å². The molecule has 1 aromatic carbocycles. The minimum absolute atomic E-state index is 0.0454. The number of benzene rings is 1. The number of urea groups is 1. The van der Waals surface area contributed by atoms with Gasteiger partial charge in [0, 0.05) is 58.3 Å². The number of rotatable bonds is 6. The van der Waals surface area contributed by atoms with Crippen LogP contribution in [0.15, 0.2) is 24.3 Å². The van der Waals surface area contributed by atoms with Gasteiger partial charge in [0.2, 0.25) is 5.91 Å². The van der Waals surface area contributed by atoms with Crippen molar-refractivity contribution in [2.45, 2.75) is 38.5 Å². The highest BCUT2D eigenvalue weighted by atomic mass is 16.5. The summed E-state index contributed by atoms with van der Waals surface area (Å²) in [6, 6.07) is 7.96. The molecule has 1 spiro atoms. The number of ether oxygens (including phenoxy) is 2. The van der Waals surface area contributed by atoms with E-state index in [1.165, 1.54) is 0 Å². The molecule has 1 N–H and O–H groups in total. The number of nitrogens with zero attached hydrogens (tertiary/aromatic N) is 2. The Balaban J connectivity index is 1.34. The fourth-order valence-electron chi connectivity index (χ4n) is 5.29. The van der Waals surface area contributed by atoms with Gasteiger partial charge in [-0.1, -0.05) is 12.1 Å². The van der Waals surface area contributed by atoms with E-state index >= 15 is 0 Å². The Morgan fingerprint density at radius 2 is 1.84 bits per heavy atom. The van der Waals surface area contributed by atoms with Gasteiger partial charge in [0.05, 0.1) is 7.11 Å². The van der Waals surface area contributed by atoms with Crippen molar-refractivity contribution < 1.29 is 19.1 Å². The molecule has 31 heavy (non-hydrogen) atoms. The lowest BCUT2D eigenvalue weighted by Gasteiger charge is -2.38. The van der Waals surface area contributed by atoms with Crippen LogP contribution in [0.25, 0.3) is 0 Å². The number of nitrogens with one attached hydrogen (secondary N) is 1. The predicted molar refractivity (Wildman–Crippen MR) is 118 cm³/mol. The zero-order valence-corrected chi connectivity index (χ0v) is 18.6. The summed E-state index contributed by atoms with van der Waals surface area (Å²) in [6.45, 7) is 5.33. The maximum Gasteiger partial charge on any atom is 0.317 e. The molecule has 3 saturated heterocycles. The van der Waals surface area contributed by atoms with E-state index in [0.29, 0.717) is 13.0 Å². The third kappa shape index (κ3) is 5.14. The monoisotopic (exact) mass is 429 g/mol. The Bertz CT molecular complexity index is 755. The van der Waals surface area contributed by atoms with E-state index in [1.54, 1.807) is 7.11 Å². The topological polar surface area (TPSA) is 71.1 Å². The Morgan fingerprint density at radius 1 is 1.13 bits per heavy atom. The molecule has 0 saturated carbocycles. The lowest BCUT2D eigenvalue weighted by atomic mass is 9.72. The highest BCUT2D eigenvalue weighted by Gasteiger charge is 2.48. The first-order valence-electron chi connectivity index (χ1n) is 11.6. The van der Waals surface area contributed by atoms with Crippen molar-refractivity contribution in [3.63, 3.8) is 0 Å². The molecule has 170 valence electrons. The summed E-state index contributed by atoms with van der Waals surface area (Å²) in [4.78, 5) is 29.5. The molecule has 3 aliphatic rings. The van der Waals surface area contributed by atoms with Gasteiger partial charge in [0.25, 0.3) is 0 Å². The third-order valence-corrected chi connectivity index (χ3v) is 7.33. The van der Waals surface area contributed by atoms with Gasteiger partial charge in [-0.15, -0.1) is 0 Å². The fraction of sp³-hybridized carbons (Fsp3) is 0.667. The molecule has 0 bridgehead atoms. The standard InChI is InChI=1S/C24H35N3O4/c1-30-21-7-4-19(5-8-21)6-9-22(28)27-17-20(24(18-27)10-14-31-15-11-24)16-25-23(29)26-12-2-3-13-26/h4-5,7-8,20H,2-3,6,9-18H2,1H3,(H,25,29)/t20-/m0/s1. The molecular weight excluding hydrogens is 394 g/mol. The maximum atomic E-state index is 13.0. The van der Waals surface area contributed by atoms with Crippen LogP contribution in [0.5, 0.6) is 5.75 Å². The molecule has 3 aliphatic heterocycles. The average Bonchev–Trinajstić information content (AvgIpc) is 3.46. The van der Waals surface area contributed by atoms with Crippen LogP contribution in [0.3, 0.4) is 0 Å². The quantitative estimate of drug-likeness (QED) is 0.755. The molecule has 0 radical (unpaired) electrons. The number of carbonyl (C=O) groups is 2. The highest BCUT2D eigenvalue weighted by molar-refractivity contribution is 5.77. The fourth-order valence-corrected chi connectivity index (χ4v) is 5.29. The van der Waals surface area contributed by atoms with Crippen LogP contribution in [-0.4, -0.2) is 74.8 Å². The van der Waals surface area contributed by atoms with Gasteiger partial charge in [0.1, 0.15) is 5.75 Å². The van der Waals surface area contributed by atoms with Crippen molar-refractivity contribution in [2.75, 3.05) is 53.0 Å². The van der Waals surface area contributed by atoms with Crippen molar-refractivity contribution in [3.8, 4) is 5.75 Å². The zero-order chi connectivity index (χ0) is 21.7. The summed E-state index contributed by atoms with van der Waals surface area (Å²) in [7, 11) is 1.65. The number of methoxy groups -OCH3 is 1. The number of hydrogen-bond acceptors (Lipinski definition) is 4. The van der Waals surface area contributed by atoms with E-state index in [-0.39, 0.29) is 23.3 Å². The van der Waals surface area contributed by atoms with E-state index < -0.39 is 0 Å². The smallest absolute Gasteiger partial charge is 0.317 e. The van der Waals surface area contributed by atoms with Crippen LogP contribution in [0.2, 0.25) is 0 Å². The SMILES string of the molecule is COc1ccc(CCC(=O)N2C[C@H](CNC(=O)N3CCCC3)C3(CCOCC3)C2)cc1. The normalized spacial score (nSPS) is 22.7. The van der Waals surface area contributed by atoms with Gasteiger partial charge in [0.15, 0.2) is 0 Å². The van der Waals surface area contributed by atoms with Gasteiger partial charge in [-0.25, -0.2) is 4.79 Å². The second kappa shape index (κ2) is 9.90. The Kier molecular flexibility index (Phi) is 7.00. The summed E-state index contributed by atoms with van der Waals surface area (Å²) in [5, 5.41) is 3.16. The highest BCUT2D eigenvalue weighted by Crippen LogP contribution is 2.44. The number of carbonyl (C=O) groups excluding carboxylic acids is 2. The van der Waals surface area contributed by atoms with E-state index in [1.807, 2.05) is 34.1 Å². The number of likely N-dealkylation sites (tertiary alicyclic amines) is 2. The lowest BCUT2D eigenvalue weighted by molar-refractivity contribution is -0.130. The van der Waals surface area contributed by atoms with Crippen LogP contribution in [0.1, 0.15) is 37.7 Å². The summed E-state index contributed by atoms with van der Waals surface area (Å²) in [6.07, 6.45) is 5.33. The summed E-state index contributed by atoms with van der Waals surface area (Å²) in [5.41, 5.74) is 1.20. The maximum absolute atomic E-state index is 13.0. The second-order valence-corrected chi connectivity index (χ2v) is 9.17. The summed E-state index contributed by atoms with van der Waals surface area (Å²) >= 11 is 0. The van der Waals surface area contributed by atoms with Crippen molar-refractivity contribution in [1.29, 1.82) is 0 Å². The average molecular weight is 430 g/mol. The summed E-state index contributed by atoms with van der Waals surface area (Å²) < 4.78 is 10.8. The lowest BCUT2D eigenvalue weighted by Crippen LogP contribution is -2.45. The van der Waals surface area contributed by atoms with Crippen LogP contribution in [0.4, 0.5) is 4.79 Å². The Labute approximate surface area is 185 Å². The van der Waals surface area contributed by atoms with Gasteiger partial charge < -0.3 is 24.6 Å². The molecule has 0 aromatic heterocycles. The van der Waals surface area contributed by atoms with Crippen LogP contribution >= 0.6 is 0 Å². The molecule has 1 aromatic rings. The predicted octanol–water partition coefficient (Wildman–Crippen LogP) is 2.69. The molecule has 1 atom stereocenters. The van der Waals surface area contributed by atoms with Gasteiger partial charge in [-0.2, -0.15) is 0 Å². The number of aryl methyl sites for hydroxylation is 1. The Hall–Kier alpha value is -2.28. The molecule has 0 unspecified atom stereocenters. The van der Waals surface area contributed by atoms with Gasteiger partial charge >= 0.3 is 6.03 Å². The first-order chi connectivity index (χ1) is 15.1. The molecule has 3 fully saturated rings. The summed E-state index contributed by atoms with van der Waals surface area (Å²) in [5.74, 6) is 1.32.